The maximum atomic E-state index is 13.9. The lowest BCUT2D eigenvalue weighted by molar-refractivity contribution is -0.122. The van der Waals surface area contributed by atoms with Crippen LogP contribution in [-0.4, -0.2) is 51.9 Å². The normalized spacial score (nSPS) is 12.8. The molecule has 50 heavy (non-hydrogen) atoms. The highest BCUT2D eigenvalue weighted by molar-refractivity contribution is 7.09. The van der Waals surface area contributed by atoms with Crippen LogP contribution in [0.1, 0.15) is 78.6 Å². The number of Topliss-reactive ketones (excluding diaryl/α,β-unsaturated/α-hetero) is 1. The molecule has 4 aromatic rings. The molecular formula is C38H46N6O4S2. The number of amides is 3. The zero-order valence-corrected chi connectivity index (χ0v) is 30.6. The fraction of sp³-hybridized carbons (Fsp3) is 0.421. The first-order valence-electron chi connectivity index (χ1n) is 16.9. The molecule has 0 aliphatic rings. The lowest BCUT2D eigenvalue weighted by Crippen LogP contribution is -2.47. The third kappa shape index (κ3) is 13.0. The zero-order valence-electron chi connectivity index (χ0n) is 28.9. The van der Waals surface area contributed by atoms with Gasteiger partial charge in [0, 0.05) is 43.4 Å². The van der Waals surface area contributed by atoms with Crippen molar-refractivity contribution in [1.82, 2.24) is 25.5 Å². The number of urea groups is 1. The number of hydrogen-bond acceptors (Lipinski definition) is 9. The van der Waals surface area contributed by atoms with Crippen LogP contribution < -0.4 is 10.6 Å². The zero-order chi connectivity index (χ0) is 35.7. The maximum Gasteiger partial charge on any atom is 0.407 e. The first kappa shape index (κ1) is 38.2. The first-order valence-corrected chi connectivity index (χ1v) is 18.7. The highest BCUT2D eigenvalue weighted by atomic mass is 32.1. The van der Waals surface area contributed by atoms with Crippen LogP contribution >= 0.6 is 22.7 Å². The summed E-state index contributed by atoms with van der Waals surface area (Å²) in [6.45, 7) is 4.62. The van der Waals surface area contributed by atoms with E-state index in [2.05, 4.69) is 40.5 Å². The minimum atomic E-state index is -0.801. The number of carbonyl (C=O) groups is 3. The Morgan fingerprint density at radius 2 is 1.64 bits per heavy atom. The van der Waals surface area contributed by atoms with Gasteiger partial charge in [-0.05, 0) is 49.1 Å². The Labute approximate surface area is 302 Å². The molecule has 3 unspecified atom stereocenters. The smallest absolute Gasteiger partial charge is 0.407 e. The quantitative estimate of drug-likeness (QED) is 0.102. The standard InChI is InChI=1S/C38H46N6O4S2/c1-27(2)36-41-32(25-49-36)23-44(3)37(46)43-34(15-10-18-39)35(45)21-30(19-28-11-6-4-7-12-28)16-17-31(20-29-13-8-5-9-14-29)42-38(47)48-24-33-22-40-26-50-33/h4-9,11-14,22,25-27,30-31,34H,10,15-17,19-21,23-24H2,1-3H3,(H,42,47)(H,43,46). The van der Waals surface area contributed by atoms with E-state index < -0.39 is 12.1 Å². The maximum absolute atomic E-state index is 13.9. The summed E-state index contributed by atoms with van der Waals surface area (Å²) >= 11 is 2.99. The molecule has 3 amide bonds. The van der Waals surface area contributed by atoms with Crippen LogP contribution in [0.5, 0.6) is 0 Å². The van der Waals surface area contributed by atoms with Gasteiger partial charge in [0.05, 0.1) is 39.7 Å². The predicted octanol–water partition coefficient (Wildman–Crippen LogP) is 7.67. The van der Waals surface area contributed by atoms with Crippen LogP contribution in [0.25, 0.3) is 0 Å². The summed E-state index contributed by atoms with van der Waals surface area (Å²) in [5.74, 6) is 0.120. The highest BCUT2D eigenvalue weighted by Crippen LogP contribution is 2.23. The molecule has 0 bridgehead atoms. The van der Waals surface area contributed by atoms with Crippen LogP contribution in [-0.2, 0) is 35.5 Å². The van der Waals surface area contributed by atoms with Gasteiger partial charge in [-0.25, -0.2) is 14.6 Å². The number of nitrogens with zero attached hydrogens (tertiary/aromatic N) is 4. The first-order chi connectivity index (χ1) is 24.2. The Bertz CT molecular complexity index is 1660. The van der Waals surface area contributed by atoms with E-state index in [1.807, 2.05) is 66.0 Å². The third-order valence-electron chi connectivity index (χ3n) is 8.30. The van der Waals surface area contributed by atoms with Gasteiger partial charge in [-0.3, -0.25) is 9.78 Å². The number of ketones is 1. The van der Waals surface area contributed by atoms with Crippen molar-refractivity contribution in [2.75, 3.05) is 7.05 Å². The molecule has 10 nitrogen and oxygen atoms in total. The summed E-state index contributed by atoms with van der Waals surface area (Å²) in [6.07, 6.45) is 4.27. The summed E-state index contributed by atoms with van der Waals surface area (Å²) in [7, 11) is 1.68. The summed E-state index contributed by atoms with van der Waals surface area (Å²) < 4.78 is 5.49. The molecule has 2 aromatic carbocycles. The van der Waals surface area contributed by atoms with E-state index in [0.717, 1.165) is 26.7 Å². The molecule has 0 saturated carbocycles. The minimum Gasteiger partial charge on any atom is -0.444 e. The van der Waals surface area contributed by atoms with Gasteiger partial charge in [0.2, 0.25) is 0 Å². The van der Waals surface area contributed by atoms with Crippen molar-refractivity contribution in [3.05, 3.63) is 104 Å². The summed E-state index contributed by atoms with van der Waals surface area (Å²) in [6, 6.07) is 20.7. The number of benzene rings is 2. The largest absolute Gasteiger partial charge is 0.444 e. The topological polar surface area (TPSA) is 137 Å². The number of hydrogen-bond donors (Lipinski definition) is 2. The molecule has 0 aliphatic carbocycles. The van der Waals surface area contributed by atoms with E-state index in [9.17, 15) is 19.6 Å². The van der Waals surface area contributed by atoms with E-state index in [-0.39, 0.29) is 49.6 Å². The number of rotatable bonds is 19. The Morgan fingerprint density at radius 3 is 2.26 bits per heavy atom. The van der Waals surface area contributed by atoms with Crippen molar-refractivity contribution in [2.24, 2.45) is 5.92 Å². The third-order valence-corrected chi connectivity index (χ3v) is 10.2. The second-order valence-corrected chi connectivity index (χ2v) is 14.6. The molecule has 0 saturated heterocycles. The Morgan fingerprint density at radius 1 is 0.940 bits per heavy atom. The lowest BCUT2D eigenvalue weighted by Gasteiger charge is -2.25. The SMILES string of the molecule is CC(C)c1nc(CN(C)C(=O)NC(CCC#N)C(=O)CC(CCC(Cc2ccccc2)NC(=O)OCc2cncs2)Cc2ccccc2)cs1. The van der Waals surface area contributed by atoms with Crippen molar-refractivity contribution in [3.8, 4) is 6.07 Å². The van der Waals surface area contributed by atoms with E-state index >= 15 is 0 Å². The van der Waals surface area contributed by atoms with Crippen LogP contribution in [0.15, 0.2) is 77.8 Å². The monoisotopic (exact) mass is 714 g/mol. The lowest BCUT2D eigenvalue weighted by atomic mass is 9.86. The van der Waals surface area contributed by atoms with Gasteiger partial charge in [0.25, 0.3) is 0 Å². The average molecular weight is 715 g/mol. The molecule has 2 heterocycles. The average Bonchev–Trinajstić information content (AvgIpc) is 3.82. The molecule has 4 rings (SSSR count). The van der Waals surface area contributed by atoms with Gasteiger partial charge < -0.3 is 20.3 Å². The van der Waals surface area contributed by atoms with Crippen LogP contribution in [0.2, 0.25) is 0 Å². The van der Waals surface area contributed by atoms with Crippen LogP contribution in [0.4, 0.5) is 9.59 Å². The molecule has 12 heteroatoms. The number of aromatic nitrogens is 2. The summed E-state index contributed by atoms with van der Waals surface area (Å²) in [5.41, 5.74) is 4.67. The summed E-state index contributed by atoms with van der Waals surface area (Å²) in [5, 5.41) is 18.3. The van der Waals surface area contributed by atoms with Crippen molar-refractivity contribution < 1.29 is 19.1 Å². The highest BCUT2D eigenvalue weighted by Gasteiger charge is 2.27. The molecule has 0 radical (unpaired) electrons. The van der Waals surface area contributed by atoms with Gasteiger partial charge in [-0.2, -0.15) is 5.26 Å². The Hall–Kier alpha value is -4.60. The van der Waals surface area contributed by atoms with Crippen molar-refractivity contribution in [1.29, 1.82) is 5.26 Å². The molecule has 2 N–H and O–H groups in total. The van der Waals surface area contributed by atoms with E-state index in [0.29, 0.717) is 38.1 Å². The number of nitrogens with one attached hydrogen (secondary N) is 2. The van der Waals surface area contributed by atoms with Crippen LogP contribution in [0, 0.1) is 17.2 Å². The minimum absolute atomic E-state index is 0.0677. The molecule has 3 atom stereocenters. The molecule has 0 spiro atoms. The van der Waals surface area contributed by atoms with Gasteiger partial charge in [0.1, 0.15) is 6.61 Å². The van der Waals surface area contributed by atoms with Gasteiger partial charge in [-0.1, -0.05) is 74.5 Å². The predicted molar refractivity (Wildman–Crippen MR) is 197 cm³/mol. The molecule has 0 aliphatic heterocycles. The molecule has 264 valence electrons. The Balaban J connectivity index is 1.44. The van der Waals surface area contributed by atoms with Crippen molar-refractivity contribution in [3.63, 3.8) is 0 Å². The number of nitriles is 1. The van der Waals surface area contributed by atoms with Crippen molar-refractivity contribution >= 4 is 40.6 Å². The molecular weight excluding hydrogens is 669 g/mol. The number of carbonyl (C=O) groups excluding carboxylic acids is 3. The Kier molecular flexibility index (Phi) is 15.4. The van der Waals surface area contributed by atoms with Crippen molar-refractivity contribution in [2.45, 2.75) is 89.9 Å². The van der Waals surface area contributed by atoms with Gasteiger partial charge in [0.15, 0.2) is 5.78 Å². The number of alkyl carbamates (subject to hydrolysis) is 1. The van der Waals surface area contributed by atoms with E-state index in [4.69, 9.17) is 4.74 Å². The number of ether oxygens (including phenoxy) is 1. The van der Waals surface area contributed by atoms with Crippen LogP contribution in [0.3, 0.4) is 0 Å². The molecule has 2 aromatic heterocycles. The summed E-state index contributed by atoms with van der Waals surface area (Å²) in [4.78, 5) is 51.1. The fourth-order valence-corrected chi connectivity index (χ4v) is 6.96. The van der Waals surface area contributed by atoms with E-state index in [1.165, 1.54) is 16.2 Å². The van der Waals surface area contributed by atoms with Gasteiger partial charge in [-0.15, -0.1) is 22.7 Å². The van der Waals surface area contributed by atoms with Gasteiger partial charge >= 0.3 is 12.1 Å². The molecule has 0 fully saturated rings. The second kappa shape index (κ2) is 20.2. The fourth-order valence-electron chi connectivity index (χ4n) is 5.63. The van der Waals surface area contributed by atoms with E-state index in [1.54, 1.807) is 30.1 Å². The second-order valence-electron chi connectivity index (χ2n) is 12.8. The number of thiazole rings is 2.